The highest BCUT2D eigenvalue weighted by molar-refractivity contribution is 7.99. The Labute approximate surface area is 124 Å². The monoisotopic (exact) mass is 305 g/mol. The number of thioether (sulfide) groups is 1. The van der Waals surface area contributed by atoms with E-state index >= 15 is 0 Å². The molecule has 0 aliphatic rings. The molecule has 4 heteroatoms. The molecule has 0 atom stereocenters. The molecule has 18 heavy (non-hydrogen) atoms. The predicted octanol–water partition coefficient (Wildman–Crippen LogP) is 5.24. The fourth-order valence-electron chi connectivity index (χ4n) is 1.56. The average molecular weight is 306 g/mol. The van der Waals surface area contributed by atoms with Gasteiger partial charge < -0.3 is 5.73 Å². The summed E-state index contributed by atoms with van der Waals surface area (Å²) in [6.45, 7) is 5.20. The number of rotatable bonds is 7. The highest BCUT2D eigenvalue weighted by atomic mass is 35.5. The van der Waals surface area contributed by atoms with Crippen LogP contribution in [-0.4, -0.2) is 12.3 Å². The lowest BCUT2D eigenvalue weighted by molar-refractivity contribution is 0.336. The van der Waals surface area contributed by atoms with Crippen LogP contribution in [0, 0.1) is 5.41 Å². The second kappa shape index (κ2) is 7.64. The molecular formula is C14H21Cl2NS. The molecular weight excluding hydrogens is 285 g/mol. The van der Waals surface area contributed by atoms with Gasteiger partial charge in [-0.25, -0.2) is 0 Å². The van der Waals surface area contributed by atoms with Crippen molar-refractivity contribution in [3.63, 3.8) is 0 Å². The Bertz CT molecular complexity index is 380. The number of unbranched alkanes of at least 4 members (excludes halogenated alkanes) is 1. The minimum absolute atomic E-state index is 0.272. The van der Waals surface area contributed by atoms with Crippen LogP contribution in [0.15, 0.2) is 23.1 Å². The van der Waals surface area contributed by atoms with Gasteiger partial charge in [0.2, 0.25) is 0 Å². The quantitative estimate of drug-likeness (QED) is 0.550. The van der Waals surface area contributed by atoms with Crippen molar-refractivity contribution in [3.8, 4) is 0 Å². The van der Waals surface area contributed by atoms with Gasteiger partial charge >= 0.3 is 0 Å². The van der Waals surface area contributed by atoms with Gasteiger partial charge in [0.05, 0.1) is 10.0 Å². The number of hydrogen-bond acceptors (Lipinski definition) is 2. The summed E-state index contributed by atoms with van der Waals surface area (Å²) < 4.78 is 0. The van der Waals surface area contributed by atoms with Crippen LogP contribution in [0.2, 0.25) is 10.0 Å². The number of benzene rings is 1. The molecule has 102 valence electrons. The van der Waals surface area contributed by atoms with Crippen LogP contribution in [0.25, 0.3) is 0 Å². The third-order valence-corrected chi connectivity index (χ3v) is 4.78. The van der Waals surface area contributed by atoms with Crippen molar-refractivity contribution in [1.29, 1.82) is 0 Å². The molecule has 0 spiro atoms. The van der Waals surface area contributed by atoms with Gasteiger partial charge in [0.25, 0.3) is 0 Å². The van der Waals surface area contributed by atoms with E-state index in [1.54, 1.807) is 0 Å². The number of halogens is 2. The Morgan fingerprint density at radius 1 is 1.17 bits per heavy atom. The van der Waals surface area contributed by atoms with E-state index in [1.807, 2.05) is 30.0 Å². The molecule has 0 aliphatic carbocycles. The van der Waals surface area contributed by atoms with E-state index in [0.29, 0.717) is 10.0 Å². The third-order valence-electron chi connectivity index (χ3n) is 2.96. The van der Waals surface area contributed by atoms with Crippen molar-refractivity contribution in [1.82, 2.24) is 0 Å². The van der Waals surface area contributed by atoms with Crippen molar-refractivity contribution < 1.29 is 0 Å². The molecule has 0 heterocycles. The maximum atomic E-state index is 5.97. The van der Waals surface area contributed by atoms with Gasteiger partial charge in [-0.05, 0) is 48.8 Å². The maximum Gasteiger partial charge on any atom is 0.0603 e. The fraction of sp³-hybridized carbons (Fsp3) is 0.571. The standard InChI is InChI=1S/C14H21Cl2NS/c1-14(2,10-17)7-3-4-8-18-11-5-6-12(15)13(16)9-11/h5-6,9H,3-4,7-8,10,17H2,1-2H3. The van der Waals surface area contributed by atoms with E-state index in [2.05, 4.69) is 13.8 Å². The summed E-state index contributed by atoms with van der Waals surface area (Å²) in [7, 11) is 0. The minimum atomic E-state index is 0.272. The third kappa shape index (κ3) is 5.83. The van der Waals surface area contributed by atoms with E-state index in [1.165, 1.54) is 24.2 Å². The first-order valence-electron chi connectivity index (χ1n) is 6.22. The van der Waals surface area contributed by atoms with Gasteiger partial charge in [-0.3, -0.25) is 0 Å². The molecule has 0 saturated heterocycles. The Kier molecular flexibility index (Phi) is 6.86. The fourth-order valence-corrected chi connectivity index (χ4v) is 2.88. The summed E-state index contributed by atoms with van der Waals surface area (Å²) in [4.78, 5) is 1.18. The summed E-state index contributed by atoms with van der Waals surface area (Å²) in [6.07, 6.45) is 3.61. The topological polar surface area (TPSA) is 26.0 Å². The normalized spacial score (nSPS) is 11.8. The zero-order valence-electron chi connectivity index (χ0n) is 11.0. The Morgan fingerprint density at radius 3 is 2.50 bits per heavy atom. The largest absolute Gasteiger partial charge is 0.330 e. The predicted molar refractivity (Wildman–Crippen MR) is 83.9 cm³/mol. The minimum Gasteiger partial charge on any atom is -0.330 e. The first kappa shape index (κ1) is 16.2. The molecule has 2 N–H and O–H groups in total. The van der Waals surface area contributed by atoms with Crippen molar-refractivity contribution in [2.24, 2.45) is 11.1 Å². The Balaban J connectivity index is 2.24. The molecule has 0 aliphatic heterocycles. The van der Waals surface area contributed by atoms with Gasteiger partial charge in [-0.15, -0.1) is 11.8 Å². The van der Waals surface area contributed by atoms with Crippen LogP contribution in [0.3, 0.4) is 0 Å². The molecule has 1 aromatic rings. The second-order valence-electron chi connectivity index (χ2n) is 5.25. The van der Waals surface area contributed by atoms with Gasteiger partial charge in [0.15, 0.2) is 0 Å². The molecule has 0 unspecified atom stereocenters. The molecule has 0 bridgehead atoms. The van der Waals surface area contributed by atoms with Crippen LogP contribution in [0.4, 0.5) is 0 Å². The lowest BCUT2D eigenvalue weighted by Gasteiger charge is -2.21. The van der Waals surface area contributed by atoms with Crippen molar-refractivity contribution in [2.75, 3.05) is 12.3 Å². The van der Waals surface area contributed by atoms with E-state index in [-0.39, 0.29) is 5.41 Å². The molecule has 0 saturated carbocycles. The van der Waals surface area contributed by atoms with Crippen molar-refractivity contribution in [2.45, 2.75) is 38.0 Å². The molecule has 1 rings (SSSR count). The van der Waals surface area contributed by atoms with Crippen LogP contribution < -0.4 is 5.73 Å². The summed E-state index contributed by atoms with van der Waals surface area (Å²) in [5, 5.41) is 1.25. The summed E-state index contributed by atoms with van der Waals surface area (Å²) in [5.74, 6) is 1.11. The van der Waals surface area contributed by atoms with Gasteiger partial charge in [-0.1, -0.05) is 43.5 Å². The number of nitrogens with two attached hydrogens (primary N) is 1. The van der Waals surface area contributed by atoms with Crippen LogP contribution in [0.5, 0.6) is 0 Å². The molecule has 0 aromatic heterocycles. The smallest absolute Gasteiger partial charge is 0.0603 e. The van der Waals surface area contributed by atoms with E-state index in [9.17, 15) is 0 Å². The van der Waals surface area contributed by atoms with Gasteiger partial charge in [0, 0.05) is 4.90 Å². The van der Waals surface area contributed by atoms with Crippen LogP contribution >= 0.6 is 35.0 Å². The highest BCUT2D eigenvalue weighted by Gasteiger charge is 2.14. The van der Waals surface area contributed by atoms with E-state index < -0.39 is 0 Å². The molecule has 0 amide bonds. The number of hydrogen-bond donors (Lipinski definition) is 1. The Hall–Kier alpha value is 0.110. The van der Waals surface area contributed by atoms with Gasteiger partial charge in [0.1, 0.15) is 0 Å². The first-order chi connectivity index (χ1) is 8.44. The maximum absolute atomic E-state index is 5.97. The lowest BCUT2D eigenvalue weighted by Crippen LogP contribution is -2.23. The summed E-state index contributed by atoms with van der Waals surface area (Å²) in [5.41, 5.74) is 5.98. The molecule has 1 aromatic carbocycles. The van der Waals surface area contributed by atoms with Crippen LogP contribution in [-0.2, 0) is 0 Å². The molecule has 1 nitrogen and oxygen atoms in total. The van der Waals surface area contributed by atoms with Crippen molar-refractivity contribution >= 4 is 35.0 Å². The SMILES string of the molecule is CC(C)(CN)CCCCSc1ccc(Cl)c(Cl)c1. The van der Waals surface area contributed by atoms with E-state index in [0.717, 1.165) is 12.3 Å². The first-order valence-corrected chi connectivity index (χ1v) is 7.97. The molecule has 0 fully saturated rings. The van der Waals surface area contributed by atoms with Crippen molar-refractivity contribution in [3.05, 3.63) is 28.2 Å². The Morgan fingerprint density at radius 2 is 1.89 bits per heavy atom. The molecule has 0 radical (unpaired) electrons. The summed E-state index contributed by atoms with van der Waals surface area (Å²) >= 11 is 13.7. The van der Waals surface area contributed by atoms with E-state index in [4.69, 9.17) is 28.9 Å². The zero-order chi connectivity index (χ0) is 13.6. The average Bonchev–Trinajstić information content (AvgIpc) is 2.33. The zero-order valence-corrected chi connectivity index (χ0v) is 13.3. The highest BCUT2D eigenvalue weighted by Crippen LogP contribution is 2.29. The second-order valence-corrected chi connectivity index (χ2v) is 7.23. The summed E-state index contributed by atoms with van der Waals surface area (Å²) in [6, 6.07) is 5.80. The van der Waals surface area contributed by atoms with Crippen LogP contribution in [0.1, 0.15) is 33.1 Å². The lowest BCUT2D eigenvalue weighted by atomic mass is 9.88. The van der Waals surface area contributed by atoms with Gasteiger partial charge in [-0.2, -0.15) is 0 Å².